The minimum absolute atomic E-state index is 0.0546. The number of methoxy groups -OCH3 is 1. The van der Waals surface area contributed by atoms with E-state index in [9.17, 15) is 9.18 Å². The first-order chi connectivity index (χ1) is 12.0. The van der Waals surface area contributed by atoms with Crippen LogP contribution in [0.25, 0.3) is 0 Å². The summed E-state index contributed by atoms with van der Waals surface area (Å²) in [7, 11) is 4.92. The Morgan fingerprint density at radius 1 is 1.48 bits per heavy atom. The van der Waals surface area contributed by atoms with Crippen molar-refractivity contribution in [3.8, 4) is 5.75 Å². The van der Waals surface area contributed by atoms with Gasteiger partial charge >= 0.3 is 0 Å². The van der Waals surface area contributed by atoms with Crippen molar-refractivity contribution in [1.29, 1.82) is 0 Å². The van der Waals surface area contributed by atoms with Gasteiger partial charge in [0, 0.05) is 38.7 Å². The first-order valence-electron chi connectivity index (χ1n) is 8.30. The first kappa shape index (κ1) is 17.4. The van der Waals surface area contributed by atoms with Crippen molar-refractivity contribution in [3.05, 3.63) is 47.0 Å². The number of halogens is 1. The number of aromatic amines is 1. The van der Waals surface area contributed by atoms with E-state index in [1.807, 2.05) is 0 Å². The minimum atomic E-state index is -0.307. The number of amides is 1. The van der Waals surface area contributed by atoms with E-state index in [1.54, 1.807) is 43.4 Å². The predicted octanol–water partition coefficient (Wildman–Crippen LogP) is 2.25. The van der Waals surface area contributed by atoms with Crippen molar-refractivity contribution < 1.29 is 13.9 Å². The predicted molar refractivity (Wildman–Crippen MR) is 92.2 cm³/mol. The number of ether oxygens (including phenoxy) is 1. The Morgan fingerprint density at radius 3 is 3.00 bits per heavy atom. The molecule has 1 saturated heterocycles. The SMILES string of the molecule is COc1cccc(CN2CCC(c3[nH]ncc3C(=O)N(C)C)C2)c1F. The molecule has 6 nitrogen and oxygen atoms in total. The van der Waals surface area contributed by atoms with E-state index in [1.165, 1.54) is 7.11 Å². The Kier molecular flexibility index (Phi) is 5.03. The highest BCUT2D eigenvalue weighted by molar-refractivity contribution is 5.94. The van der Waals surface area contributed by atoms with Crippen molar-refractivity contribution in [2.45, 2.75) is 18.9 Å². The fourth-order valence-corrected chi connectivity index (χ4v) is 3.31. The normalized spacial score (nSPS) is 17.7. The number of carbonyl (C=O) groups excluding carboxylic acids is 1. The van der Waals surface area contributed by atoms with Gasteiger partial charge in [-0.05, 0) is 19.0 Å². The molecule has 1 aliphatic heterocycles. The number of carbonyl (C=O) groups is 1. The number of likely N-dealkylation sites (tertiary alicyclic amines) is 1. The Bertz CT molecular complexity index is 759. The molecule has 1 aliphatic rings. The molecular weight excluding hydrogens is 323 g/mol. The standard InChI is InChI=1S/C18H23FN4O2/c1-22(2)18(24)14-9-20-21-17(14)13-7-8-23(11-13)10-12-5-4-6-15(25-3)16(12)19/h4-6,9,13H,7-8,10-11H2,1-3H3,(H,20,21). The lowest BCUT2D eigenvalue weighted by Gasteiger charge is -2.17. The zero-order chi connectivity index (χ0) is 18.0. The smallest absolute Gasteiger partial charge is 0.256 e. The fourth-order valence-electron chi connectivity index (χ4n) is 3.31. The largest absolute Gasteiger partial charge is 0.494 e. The number of hydrogen-bond donors (Lipinski definition) is 1. The third-order valence-corrected chi connectivity index (χ3v) is 4.64. The quantitative estimate of drug-likeness (QED) is 0.902. The van der Waals surface area contributed by atoms with Crippen molar-refractivity contribution >= 4 is 5.91 Å². The molecule has 1 atom stereocenters. The third kappa shape index (κ3) is 3.51. The number of hydrogen-bond acceptors (Lipinski definition) is 4. The van der Waals surface area contributed by atoms with E-state index >= 15 is 0 Å². The molecule has 2 heterocycles. The Labute approximate surface area is 146 Å². The summed E-state index contributed by atoms with van der Waals surface area (Å²) in [5.74, 6) is 0.0928. The van der Waals surface area contributed by atoms with Crippen LogP contribution in [0, 0.1) is 5.82 Å². The van der Waals surface area contributed by atoms with Crippen LogP contribution in [0.5, 0.6) is 5.75 Å². The lowest BCUT2D eigenvalue weighted by molar-refractivity contribution is 0.0826. The fraction of sp³-hybridized carbons (Fsp3) is 0.444. The van der Waals surface area contributed by atoms with Gasteiger partial charge in [-0.1, -0.05) is 12.1 Å². The van der Waals surface area contributed by atoms with Gasteiger partial charge < -0.3 is 9.64 Å². The molecule has 3 rings (SSSR count). The number of nitrogens with zero attached hydrogens (tertiary/aromatic N) is 3. The third-order valence-electron chi connectivity index (χ3n) is 4.64. The number of benzene rings is 1. The molecule has 7 heteroatoms. The summed E-state index contributed by atoms with van der Waals surface area (Å²) in [5.41, 5.74) is 2.10. The monoisotopic (exact) mass is 346 g/mol. The average Bonchev–Trinajstić information content (AvgIpc) is 3.24. The number of rotatable bonds is 5. The molecule has 0 spiro atoms. The Morgan fingerprint density at radius 2 is 2.28 bits per heavy atom. The summed E-state index contributed by atoms with van der Waals surface area (Å²) in [4.78, 5) is 16.0. The molecule has 25 heavy (non-hydrogen) atoms. The average molecular weight is 346 g/mol. The van der Waals surface area contributed by atoms with Gasteiger partial charge in [0.25, 0.3) is 5.91 Å². The van der Waals surface area contributed by atoms with E-state index in [0.717, 1.165) is 25.2 Å². The van der Waals surface area contributed by atoms with E-state index in [4.69, 9.17) is 4.74 Å². The van der Waals surface area contributed by atoms with Crippen LogP contribution in [0.1, 0.15) is 34.0 Å². The van der Waals surface area contributed by atoms with Crippen LogP contribution in [0.2, 0.25) is 0 Å². The van der Waals surface area contributed by atoms with Gasteiger partial charge in [-0.15, -0.1) is 0 Å². The maximum atomic E-state index is 14.3. The van der Waals surface area contributed by atoms with Crippen LogP contribution < -0.4 is 4.74 Å². The molecule has 2 aromatic rings. The van der Waals surface area contributed by atoms with Crippen LogP contribution >= 0.6 is 0 Å². The van der Waals surface area contributed by atoms with E-state index in [-0.39, 0.29) is 23.4 Å². The molecule has 1 aromatic carbocycles. The summed E-state index contributed by atoms with van der Waals surface area (Å²) >= 11 is 0. The highest BCUT2D eigenvalue weighted by Gasteiger charge is 2.29. The molecule has 1 fully saturated rings. The van der Waals surface area contributed by atoms with Gasteiger partial charge in [-0.3, -0.25) is 14.8 Å². The summed E-state index contributed by atoms with van der Waals surface area (Å²) in [6, 6.07) is 5.20. The van der Waals surface area contributed by atoms with Crippen molar-refractivity contribution in [1.82, 2.24) is 20.0 Å². The molecule has 0 aliphatic carbocycles. The summed E-state index contributed by atoms with van der Waals surface area (Å²) < 4.78 is 19.4. The summed E-state index contributed by atoms with van der Waals surface area (Å²) in [6.07, 6.45) is 2.49. The highest BCUT2D eigenvalue weighted by atomic mass is 19.1. The van der Waals surface area contributed by atoms with Gasteiger partial charge in [0.15, 0.2) is 11.6 Å². The molecule has 1 aromatic heterocycles. The number of aromatic nitrogens is 2. The molecule has 1 unspecified atom stereocenters. The Balaban J connectivity index is 1.71. The first-order valence-corrected chi connectivity index (χ1v) is 8.30. The highest BCUT2D eigenvalue weighted by Crippen LogP contribution is 2.30. The van der Waals surface area contributed by atoms with Gasteiger partial charge in [-0.2, -0.15) is 5.10 Å². The second-order valence-corrected chi connectivity index (χ2v) is 6.55. The van der Waals surface area contributed by atoms with E-state index < -0.39 is 0 Å². The zero-order valence-corrected chi connectivity index (χ0v) is 14.8. The number of nitrogens with one attached hydrogen (secondary N) is 1. The topological polar surface area (TPSA) is 61.5 Å². The second kappa shape index (κ2) is 7.23. The maximum Gasteiger partial charge on any atom is 0.256 e. The van der Waals surface area contributed by atoms with Crippen LogP contribution in [-0.4, -0.2) is 60.2 Å². The van der Waals surface area contributed by atoms with Crippen molar-refractivity contribution in [2.75, 3.05) is 34.3 Å². The molecule has 134 valence electrons. The maximum absolute atomic E-state index is 14.3. The Hall–Kier alpha value is -2.41. The van der Waals surface area contributed by atoms with Crippen LogP contribution in [0.4, 0.5) is 4.39 Å². The molecule has 1 N–H and O–H groups in total. The van der Waals surface area contributed by atoms with Gasteiger partial charge in [-0.25, -0.2) is 4.39 Å². The van der Waals surface area contributed by atoms with Crippen LogP contribution in [0.15, 0.2) is 24.4 Å². The summed E-state index contributed by atoms with van der Waals surface area (Å²) in [5, 5.41) is 7.03. The molecule has 0 saturated carbocycles. The molecule has 0 radical (unpaired) electrons. The van der Waals surface area contributed by atoms with E-state index in [2.05, 4.69) is 15.1 Å². The zero-order valence-electron chi connectivity index (χ0n) is 14.8. The van der Waals surface area contributed by atoms with Crippen molar-refractivity contribution in [2.24, 2.45) is 0 Å². The minimum Gasteiger partial charge on any atom is -0.494 e. The molecule has 0 bridgehead atoms. The summed E-state index contributed by atoms with van der Waals surface area (Å²) in [6.45, 7) is 2.12. The van der Waals surface area contributed by atoms with Crippen LogP contribution in [-0.2, 0) is 6.54 Å². The molecular formula is C18H23FN4O2. The van der Waals surface area contributed by atoms with Gasteiger partial charge in [0.05, 0.1) is 24.6 Å². The lowest BCUT2D eigenvalue weighted by atomic mass is 10.0. The lowest BCUT2D eigenvalue weighted by Crippen LogP contribution is -2.24. The second-order valence-electron chi connectivity index (χ2n) is 6.55. The van der Waals surface area contributed by atoms with Crippen molar-refractivity contribution in [3.63, 3.8) is 0 Å². The van der Waals surface area contributed by atoms with E-state index in [0.29, 0.717) is 17.7 Å². The van der Waals surface area contributed by atoms with Gasteiger partial charge in [0.1, 0.15) is 0 Å². The van der Waals surface area contributed by atoms with Crippen LogP contribution in [0.3, 0.4) is 0 Å². The molecule has 1 amide bonds. The van der Waals surface area contributed by atoms with Gasteiger partial charge in [0.2, 0.25) is 0 Å². The number of H-pyrrole nitrogens is 1.